The zero-order valence-corrected chi connectivity index (χ0v) is 13.7. The van der Waals surface area contributed by atoms with Crippen molar-refractivity contribution in [1.29, 1.82) is 0 Å². The average molecular weight is 331 g/mol. The van der Waals surface area contributed by atoms with E-state index in [1.807, 2.05) is 47.4 Å². The summed E-state index contributed by atoms with van der Waals surface area (Å²) in [4.78, 5) is 14.8. The molecule has 2 aromatic rings. The van der Waals surface area contributed by atoms with Crippen LogP contribution in [0.25, 0.3) is 0 Å². The lowest BCUT2D eigenvalue weighted by Gasteiger charge is -2.37. The van der Waals surface area contributed by atoms with Crippen LogP contribution < -0.4 is 10.1 Å². The Balaban J connectivity index is 1.92. The van der Waals surface area contributed by atoms with E-state index in [2.05, 4.69) is 5.32 Å². The van der Waals surface area contributed by atoms with Crippen LogP contribution in [-0.4, -0.2) is 37.6 Å². The normalized spacial score (nSPS) is 17.8. The van der Waals surface area contributed by atoms with Crippen LogP contribution in [0.4, 0.5) is 0 Å². The number of benzene rings is 2. The fraction of sp³-hybridized carbons (Fsp3) is 0.278. The maximum atomic E-state index is 13.0. The molecule has 1 N–H and O–H groups in total. The first-order chi connectivity index (χ1) is 11.2. The zero-order chi connectivity index (χ0) is 16.2. The molecule has 5 heteroatoms. The molecule has 0 saturated carbocycles. The molecule has 0 bridgehead atoms. The first kappa shape index (κ1) is 15.8. The number of rotatable bonds is 3. The maximum Gasteiger partial charge on any atom is 0.254 e. The number of nitrogens with zero attached hydrogens (tertiary/aromatic N) is 1. The van der Waals surface area contributed by atoms with Gasteiger partial charge in [0.15, 0.2) is 0 Å². The summed E-state index contributed by atoms with van der Waals surface area (Å²) in [5.41, 5.74) is 1.60. The molecule has 1 atom stereocenters. The van der Waals surface area contributed by atoms with Crippen molar-refractivity contribution in [3.05, 3.63) is 64.7 Å². The number of carbonyl (C=O) groups excluding carboxylic acids is 1. The van der Waals surface area contributed by atoms with Gasteiger partial charge in [0, 0.05) is 30.2 Å². The van der Waals surface area contributed by atoms with E-state index in [4.69, 9.17) is 16.3 Å². The minimum Gasteiger partial charge on any atom is -0.497 e. The number of ether oxygens (including phenoxy) is 1. The highest BCUT2D eigenvalue weighted by molar-refractivity contribution is 6.31. The van der Waals surface area contributed by atoms with E-state index in [0.717, 1.165) is 12.1 Å². The van der Waals surface area contributed by atoms with E-state index >= 15 is 0 Å². The van der Waals surface area contributed by atoms with Crippen LogP contribution in [0.15, 0.2) is 48.5 Å². The summed E-state index contributed by atoms with van der Waals surface area (Å²) in [6.07, 6.45) is 0. The van der Waals surface area contributed by atoms with E-state index in [-0.39, 0.29) is 11.9 Å². The molecule has 1 aliphatic heterocycles. The SMILES string of the molecule is COc1cccc(C(=O)N2CCNCC2c2ccccc2Cl)c1. The van der Waals surface area contributed by atoms with Crippen molar-refractivity contribution in [3.63, 3.8) is 0 Å². The number of hydrogen-bond acceptors (Lipinski definition) is 3. The van der Waals surface area contributed by atoms with Gasteiger partial charge in [0.2, 0.25) is 0 Å². The molecule has 1 amide bonds. The predicted octanol–water partition coefficient (Wildman–Crippen LogP) is 3.14. The quantitative estimate of drug-likeness (QED) is 0.940. The van der Waals surface area contributed by atoms with Crippen molar-refractivity contribution < 1.29 is 9.53 Å². The van der Waals surface area contributed by atoms with E-state index in [9.17, 15) is 4.79 Å². The van der Waals surface area contributed by atoms with Crippen LogP contribution in [0.1, 0.15) is 22.0 Å². The summed E-state index contributed by atoms with van der Waals surface area (Å²) < 4.78 is 5.22. The Morgan fingerprint density at radius 1 is 1.26 bits per heavy atom. The van der Waals surface area contributed by atoms with E-state index < -0.39 is 0 Å². The molecule has 1 aliphatic rings. The van der Waals surface area contributed by atoms with E-state index in [1.165, 1.54) is 0 Å². The van der Waals surface area contributed by atoms with Gasteiger partial charge in [-0.15, -0.1) is 0 Å². The molecule has 0 radical (unpaired) electrons. The number of halogens is 1. The molecule has 0 aliphatic carbocycles. The fourth-order valence-corrected chi connectivity index (χ4v) is 3.15. The van der Waals surface area contributed by atoms with Crippen LogP contribution in [-0.2, 0) is 0 Å². The highest BCUT2D eigenvalue weighted by Gasteiger charge is 2.29. The Bertz CT molecular complexity index is 705. The summed E-state index contributed by atoms with van der Waals surface area (Å²) in [5, 5.41) is 4.03. The standard InChI is InChI=1S/C18H19ClN2O2/c1-23-14-6-4-5-13(11-14)18(22)21-10-9-20-12-17(21)15-7-2-3-8-16(15)19/h2-8,11,17,20H,9-10,12H2,1H3. The molecule has 4 nitrogen and oxygen atoms in total. The van der Waals surface area contributed by atoms with Crippen molar-refractivity contribution >= 4 is 17.5 Å². The molecular formula is C18H19ClN2O2. The lowest BCUT2D eigenvalue weighted by atomic mass is 10.0. The number of piperazine rings is 1. The topological polar surface area (TPSA) is 41.6 Å². The maximum absolute atomic E-state index is 13.0. The molecule has 0 aromatic heterocycles. The number of amides is 1. The third-order valence-corrected chi connectivity index (χ3v) is 4.43. The second-order valence-corrected chi connectivity index (χ2v) is 5.88. The van der Waals surface area contributed by atoms with Crippen molar-refractivity contribution in [2.45, 2.75) is 6.04 Å². The molecule has 1 saturated heterocycles. The van der Waals surface area contributed by atoms with E-state index in [1.54, 1.807) is 13.2 Å². The third-order valence-electron chi connectivity index (χ3n) is 4.09. The van der Waals surface area contributed by atoms with Gasteiger partial charge in [0.25, 0.3) is 5.91 Å². The minimum atomic E-state index is -0.0730. The molecule has 23 heavy (non-hydrogen) atoms. The van der Waals surface area contributed by atoms with Crippen LogP contribution >= 0.6 is 11.6 Å². The van der Waals surface area contributed by atoms with Crippen molar-refractivity contribution in [2.24, 2.45) is 0 Å². The Morgan fingerprint density at radius 2 is 2.09 bits per heavy atom. The van der Waals surface area contributed by atoms with Crippen LogP contribution in [0, 0.1) is 0 Å². The Morgan fingerprint density at radius 3 is 2.87 bits per heavy atom. The molecule has 120 valence electrons. The number of nitrogens with one attached hydrogen (secondary N) is 1. The van der Waals surface area contributed by atoms with Crippen molar-refractivity contribution in [1.82, 2.24) is 10.2 Å². The summed E-state index contributed by atoms with van der Waals surface area (Å²) in [6, 6.07) is 14.9. The van der Waals surface area contributed by atoms with Gasteiger partial charge in [0.05, 0.1) is 13.2 Å². The first-order valence-corrected chi connectivity index (χ1v) is 7.98. The Kier molecular flexibility index (Phi) is 4.84. The summed E-state index contributed by atoms with van der Waals surface area (Å²) in [6.45, 7) is 2.11. The fourth-order valence-electron chi connectivity index (χ4n) is 2.89. The summed E-state index contributed by atoms with van der Waals surface area (Å²) in [5.74, 6) is 0.676. The number of carbonyl (C=O) groups is 1. The average Bonchev–Trinajstić information content (AvgIpc) is 2.61. The lowest BCUT2D eigenvalue weighted by molar-refractivity contribution is 0.0634. The van der Waals surface area contributed by atoms with Gasteiger partial charge < -0.3 is 15.0 Å². The molecule has 1 heterocycles. The monoisotopic (exact) mass is 330 g/mol. The lowest BCUT2D eigenvalue weighted by Crippen LogP contribution is -2.48. The van der Waals surface area contributed by atoms with Gasteiger partial charge in [-0.25, -0.2) is 0 Å². The van der Waals surface area contributed by atoms with Crippen LogP contribution in [0.3, 0.4) is 0 Å². The van der Waals surface area contributed by atoms with Gasteiger partial charge in [-0.3, -0.25) is 4.79 Å². The largest absolute Gasteiger partial charge is 0.497 e. The Labute approximate surface area is 141 Å². The van der Waals surface area contributed by atoms with E-state index in [0.29, 0.717) is 29.4 Å². The second kappa shape index (κ2) is 7.02. The molecule has 0 spiro atoms. The molecule has 2 aromatic carbocycles. The van der Waals surface area contributed by atoms with Crippen molar-refractivity contribution in [3.8, 4) is 5.75 Å². The van der Waals surface area contributed by atoms with Gasteiger partial charge in [-0.1, -0.05) is 35.9 Å². The van der Waals surface area contributed by atoms with Gasteiger partial charge in [-0.2, -0.15) is 0 Å². The molecule has 1 unspecified atom stereocenters. The summed E-state index contributed by atoms with van der Waals surface area (Å²) in [7, 11) is 1.60. The molecule has 3 rings (SSSR count). The smallest absolute Gasteiger partial charge is 0.254 e. The van der Waals surface area contributed by atoms with Gasteiger partial charge in [0.1, 0.15) is 5.75 Å². The van der Waals surface area contributed by atoms with Crippen LogP contribution in [0.2, 0.25) is 5.02 Å². The Hall–Kier alpha value is -2.04. The summed E-state index contributed by atoms with van der Waals surface area (Å²) >= 11 is 6.34. The molecule has 1 fully saturated rings. The highest BCUT2D eigenvalue weighted by Crippen LogP contribution is 2.30. The van der Waals surface area contributed by atoms with Crippen molar-refractivity contribution in [2.75, 3.05) is 26.7 Å². The van der Waals surface area contributed by atoms with Gasteiger partial charge >= 0.3 is 0 Å². The highest BCUT2D eigenvalue weighted by atomic mass is 35.5. The van der Waals surface area contributed by atoms with Gasteiger partial charge in [-0.05, 0) is 29.8 Å². The number of hydrogen-bond donors (Lipinski definition) is 1. The minimum absolute atomic E-state index is 0.00433. The predicted molar refractivity (Wildman–Crippen MR) is 91.1 cm³/mol. The number of methoxy groups -OCH3 is 1. The molecular weight excluding hydrogens is 312 g/mol. The second-order valence-electron chi connectivity index (χ2n) is 5.47. The van der Waals surface area contributed by atoms with Crippen LogP contribution in [0.5, 0.6) is 5.75 Å². The first-order valence-electron chi connectivity index (χ1n) is 7.61. The zero-order valence-electron chi connectivity index (χ0n) is 13.0. The third kappa shape index (κ3) is 3.33.